The van der Waals surface area contributed by atoms with Crippen molar-refractivity contribution in [2.45, 2.75) is 37.0 Å². The van der Waals surface area contributed by atoms with Crippen LogP contribution < -0.4 is 10.3 Å². The topological polar surface area (TPSA) is 75.3 Å². The van der Waals surface area contributed by atoms with Crippen LogP contribution in [0.2, 0.25) is 0 Å². The summed E-state index contributed by atoms with van der Waals surface area (Å²) in [5.41, 5.74) is 2.17. The summed E-state index contributed by atoms with van der Waals surface area (Å²) in [4.78, 5) is 13.3. The fourth-order valence-electron chi connectivity index (χ4n) is 2.30. The van der Waals surface area contributed by atoms with Crippen LogP contribution in [0.25, 0.3) is 0 Å². The van der Waals surface area contributed by atoms with Crippen LogP contribution in [-0.2, 0) is 14.8 Å². The summed E-state index contributed by atoms with van der Waals surface area (Å²) >= 11 is 0. The maximum absolute atomic E-state index is 13.4. The molecule has 0 unspecified atom stereocenters. The predicted octanol–water partition coefficient (Wildman–Crippen LogP) is 1.72. The van der Waals surface area contributed by atoms with Gasteiger partial charge in [0.25, 0.3) is 10.0 Å². The summed E-state index contributed by atoms with van der Waals surface area (Å²) in [6.07, 6.45) is 4.56. The molecule has 0 saturated heterocycles. The first-order chi connectivity index (χ1) is 9.50. The van der Waals surface area contributed by atoms with E-state index in [1.807, 2.05) is 4.83 Å². The summed E-state index contributed by atoms with van der Waals surface area (Å²) in [5.74, 6) is -1.39. The fraction of sp³-hybridized carbons (Fsp3) is 0.462. The highest BCUT2D eigenvalue weighted by molar-refractivity contribution is 7.89. The lowest BCUT2D eigenvalue weighted by atomic mass is 9.89. The number of sulfonamides is 1. The molecule has 0 aliphatic heterocycles. The lowest BCUT2D eigenvalue weighted by molar-refractivity contribution is -0.126. The number of hydrogen-bond acceptors (Lipinski definition) is 3. The lowest BCUT2D eigenvalue weighted by Crippen LogP contribution is -2.45. The molecular weight excluding hydrogens is 283 g/mol. The van der Waals surface area contributed by atoms with Gasteiger partial charge in [0.15, 0.2) is 0 Å². The van der Waals surface area contributed by atoms with Crippen molar-refractivity contribution in [1.82, 2.24) is 10.3 Å². The Morgan fingerprint density at radius 2 is 1.80 bits per heavy atom. The van der Waals surface area contributed by atoms with Crippen LogP contribution in [-0.4, -0.2) is 14.3 Å². The Kier molecular flexibility index (Phi) is 4.72. The van der Waals surface area contributed by atoms with Crippen molar-refractivity contribution in [2.24, 2.45) is 5.92 Å². The molecule has 1 aromatic carbocycles. The van der Waals surface area contributed by atoms with Crippen LogP contribution in [0.4, 0.5) is 4.39 Å². The van der Waals surface area contributed by atoms with Crippen molar-refractivity contribution in [3.8, 4) is 0 Å². The van der Waals surface area contributed by atoms with Gasteiger partial charge in [-0.2, -0.15) is 0 Å². The van der Waals surface area contributed by atoms with Crippen LogP contribution >= 0.6 is 0 Å². The summed E-state index contributed by atoms with van der Waals surface area (Å²) in [7, 11) is -4.08. The molecule has 5 nitrogen and oxygen atoms in total. The van der Waals surface area contributed by atoms with Crippen LogP contribution in [0.15, 0.2) is 29.2 Å². The molecule has 2 rings (SSSR count). The molecule has 1 aliphatic carbocycles. The zero-order valence-corrected chi connectivity index (χ0v) is 11.7. The molecule has 110 valence electrons. The van der Waals surface area contributed by atoms with E-state index in [2.05, 4.69) is 5.43 Å². The average molecular weight is 300 g/mol. The average Bonchev–Trinajstić information content (AvgIpc) is 2.46. The minimum atomic E-state index is -4.08. The SMILES string of the molecule is O=C(NNS(=O)(=O)c1ccccc1F)C1CCCCC1. The highest BCUT2D eigenvalue weighted by Gasteiger charge is 2.24. The van der Waals surface area contributed by atoms with E-state index in [-0.39, 0.29) is 11.8 Å². The first-order valence-electron chi connectivity index (χ1n) is 6.57. The largest absolute Gasteiger partial charge is 0.277 e. The third-order valence-corrected chi connectivity index (χ3v) is 4.69. The molecular formula is C13H17FN2O3S. The van der Waals surface area contributed by atoms with Crippen LogP contribution in [0.5, 0.6) is 0 Å². The van der Waals surface area contributed by atoms with Crippen LogP contribution in [0, 0.1) is 11.7 Å². The van der Waals surface area contributed by atoms with Crippen LogP contribution in [0.1, 0.15) is 32.1 Å². The molecule has 1 aliphatic rings. The number of hydrazine groups is 1. The summed E-state index contributed by atoms with van der Waals surface area (Å²) in [5, 5.41) is 0. The Balaban J connectivity index is 1.99. The molecule has 0 aromatic heterocycles. The van der Waals surface area contributed by atoms with Crippen molar-refractivity contribution in [1.29, 1.82) is 0 Å². The second kappa shape index (κ2) is 6.32. The minimum Gasteiger partial charge on any atom is -0.277 e. The van der Waals surface area contributed by atoms with Gasteiger partial charge in [0.05, 0.1) is 0 Å². The fourth-order valence-corrected chi connectivity index (χ4v) is 3.23. The van der Waals surface area contributed by atoms with E-state index in [0.717, 1.165) is 44.2 Å². The van der Waals surface area contributed by atoms with Crippen molar-refractivity contribution in [3.05, 3.63) is 30.1 Å². The molecule has 2 N–H and O–H groups in total. The van der Waals surface area contributed by atoms with E-state index in [1.165, 1.54) is 12.1 Å². The molecule has 7 heteroatoms. The number of carbonyl (C=O) groups excluding carboxylic acids is 1. The van der Waals surface area contributed by atoms with Gasteiger partial charge in [0.1, 0.15) is 10.7 Å². The zero-order chi connectivity index (χ0) is 14.6. The van der Waals surface area contributed by atoms with Gasteiger partial charge >= 0.3 is 0 Å². The number of carbonyl (C=O) groups is 1. The highest BCUT2D eigenvalue weighted by atomic mass is 32.2. The molecule has 20 heavy (non-hydrogen) atoms. The van der Waals surface area contributed by atoms with Gasteiger partial charge in [0.2, 0.25) is 5.91 Å². The predicted molar refractivity (Wildman–Crippen MR) is 71.4 cm³/mol. The standard InChI is InChI=1S/C13H17FN2O3S/c14-11-8-4-5-9-12(11)20(18,19)16-15-13(17)10-6-2-1-3-7-10/h4-5,8-10,16H,1-3,6-7H2,(H,15,17). The molecule has 0 radical (unpaired) electrons. The van der Waals surface area contributed by atoms with Crippen molar-refractivity contribution < 1.29 is 17.6 Å². The monoisotopic (exact) mass is 300 g/mol. The molecule has 1 aromatic rings. The van der Waals surface area contributed by atoms with E-state index in [4.69, 9.17) is 0 Å². The van der Waals surface area contributed by atoms with Gasteiger partial charge in [-0.15, -0.1) is 4.83 Å². The van der Waals surface area contributed by atoms with E-state index in [0.29, 0.717) is 0 Å². The first-order valence-corrected chi connectivity index (χ1v) is 8.05. The van der Waals surface area contributed by atoms with Gasteiger partial charge in [-0.3, -0.25) is 10.2 Å². The van der Waals surface area contributed by atoms with E-state index in [1.54, 1.807) is 0 Å². The molecule has 0 spiro atoms. The summed E-state index contributed by atoms with van der Waals surface area (Å²) < 4.78 is 37.2. The maximum atomic E-state index is 13.4. The van der Waals surface area contributed by atoms with E-state index < -0.39 is 20.7 Å². The molecule has 0 bridgehead atoms. The van der Waals surface area contributed by atoms with Gasteiger partial charge in [-0.25, -0.2) is 12.8 Å². The smallest absolute Gasteiger partial charge is 0.260 e. The minimum absolute atomic E-state index is 0.174. The molecule has 1 saturated carbocycles. The number of benzene rings is 1. The molecule has 1 fully saturated rings. The third-order valence-electron chi connectivity index (χ3n) is 3.41. The summed E-state index contributed by atoms with van der Waals surface area (Å²) in [6.45, 7) is 0. The Labute approximate surface area is 117 Å². The maximum Gasteiger partial charge on any atom is 0.260 e. The van der Waals surface area contributed by atoms with Crippen molar-refractivity contribution in [3.63, 3.8) is 0 Å². The Hall–Kier alpha value is -1.47. The number of amides is 1. The number of rotatable bonds is 4. The molecule has 1 amide bonds. The second-order valence-corrected chi connectivity index (χ2v) is 6.51. The van der Waals surface area contributed by atoms with Gasteiger partial charge < -0.3 is 0 Å². The van der Waals surface area contributed by atoms with Gasteiger partial charge in [-0.1, -0.05) is 31.4 Å². The van der Waals surface area contributed by atoms with Gasteiger partial charge in [0, 0.05) is 5.92 Å². The quantitative estimate of drug-likeness (QED) is 0.831. The van der Waals surface area contributed by atoms with Crippen LogP contribution in [0.3, 0.4) is 0 Å². The number of halogens is 1. The van der Waals surface area contributed by atoms with E-state index >= 15 is 0 Å². The number of nitrogens with one attached hydrogen (secondary N) is 2. The van der Waals surface area contributed by atoms with Gasteiger partial charge in [-0.05, 0) is 25.0 Å². The second-order valence-electron chi connectivity index (χ2n) is 4.86. The lowest BCUT2D eigenvalue weighted by Gasteiger charge is -2.20. The Morgan fingerprint density at radius 1 is 1.15 bits per heavy atom. The number of hydrogen-bond donors (Lipinski definition) is 2. The Morgan fingerprint density at radius 3 is 2.45 bits per heavy atom. The first kappa shape index (κ1) is 14.9. The third kappa shape index (κ3) is 3.55. The molecule has 0 atom stereocenters. The molecule has 0 heterocycles. The normalized spacial score (nSPS) is 16.9. The zero-order valence-electron chi connectivity index (χ0n) is 10.9. The Bertz CT molecular complexity index is 583. The van der Waals surface area contributed by atoms with Crippen molar-refractivity contribution >= 4 is 15.9 Å². The highest BCUT2D eigenvalue weighted by Crippen LogP contribution is 2.23. The van der Waals surface area contributed by atoms with Crippen molar-refractivity contribution in [2.75, 3.05) is 0 Å². The summed E-state index contributed by atoms with van der Waals surface area (Å²) in [6, 6.07) is 5.01. The van der Waals surface area contributed by atoms with E-state index in [9.17, 15) is 17.6 Å².